The average Bonchev–Trinajstić information content (AvgIpc) is 2.53. The molecule has 1 N–H and O–H groups in total. The highest BCUT2D eigenvalue weighted by Gasteiger charge is 2.15. The van der Waals surface area contributed by atoms with Crippen LogP contribution < -0.4 is 4.74 Å². The molecular weight excluding hydrogens is 262 g/mol. The van der Waals surface area contributed by atoms with Crippen LogP contribution in [0.25, 0.3) is 10.9 Å². The number of aliphatic hydroxyl groups excluding tert-OH is 1. The van der Waals surface area contributed by atoms with Gasteiger partial charge in [-0.15, -0.1) is 0 Å². The number of benzene rings is 2. The largest absolute Gasteiger partial charge is 0.496 e. The number of hydrogen-bond donors (Lipinski definition) is 1. The Morgan fingerprint density at radius 2 is 1.90 bits per heavy atom. The van der Waals surface area contributed by atoms with Gasteiger partial charge in [-0.1, -0.05) is 30.3 Å². The minimum Gasteiger partial charge on any atom is -0.496 e. The van der Waals surface area contributed by atoms with E-state index in [9.17, 15) is 5.11 Å². The first-order valence-electron chi connectivity index (χ1n) is 6.87. The summed E-state index contributed by atoms with van der Waals surface area (Å²) in [5.74, 6) is 0.821. The fourth-order valence-corrected chi connectivity index (χ4v) is 2.60. The minimum absolute atomic E-state index is 0.701. The van der Waals surface area contributed by atoms with Gasteiger partial charge in [0.15, 0.2) is 0 Å². The molecule has 0 saturated carbocycles. The number of fused-ring (bicyclic) bond motifs is 1. The molecule has 3 rings (SSSR count). The molecule has 0 aliphatic rings. The van der Waals surface area contributed by atoms with E-state index in [1.807, 2.05) is 55.5 Å². The van der Waals surface area contributed by atoms with E-state index < -0.39 is 6.10 Å². The molecule has 1 atom stereocenters. The average molecular weight is 279 g/mol. The summed E-state index contributed by atoms with van der Waals surface area (Å²) in [6.07, 6.45) is 1.05. The lowest BCUT2D eigenvalue weighted by Gasteiger charge is -2.15. The molecule has 21 heavy (non-hydrogen) atoms. The summed E-state index contributed by atoms with van der Waals surface area (Å²) in [6, 6.07) is 15.5. The zero-order valence-corrected chi connectivity index (χ0v) is 12.1. The predicted octanol–water partition coefficient (Wildman–Crippen LogP) is 3.63. The predicted molar refractivity (Wildman–Crippen MR) is 83.5 cm³/mol. The van der Waals surface area contributed by atoms with Crippen LogP contribution >= 0.6 is 0 Å². The van der Waals surface area contributed by atoms with Gasteiger partial charge in [-0.2, -0.15) is 0 Å². The first-order chi connectivity index (χ1) is 10.2. The molecule has 1 aromatic heterocycles. The van der Waals surface area contributed by atoms with Crippen molar-refractivity contribution >= 4 is 10.9 Å². The van der Waals surface area contributed by atoms with E-state index in [1.165, 1.54) is 0 Å². The fourth-order valence-electron chi connectivity index (χ4n) is 2.60. The lowest BCUT2D eigenvalue weighted by atomic mass is 9.97. The Labute approximate surface area is 123 Å². The van der Waals surface area contributed by atoms with Gasteiger partial charge in [0, 0.05) is 17.1 Å². The van der Waals surface area contributed by atoms with Crippen LogP contribution in [0.15, 0.2) is 54.7 Å². The highest BCUT2D eigenvalue weighted by atomic mass is 16.5. The second-order valence-corrected chi connectivity index (χ2v) is 5.05. The molecule has 2 aromatic carbocycles. The van der Waals surface area contributed by atoms with Crippen LogP contribution in [0.4, 0.5) is 0 Å². The van der Waals surface area contributed by atoms with Gasteiger partial charge in [0.05, 0.1) is 12.6 Å². The molecule has 0 spiro atoms. The second-order valence-electron chi connectivity index (χ2n) is 5.05. The van der Waals surface area contributed by atoms with Crippen molar-refractivity contribution in [1.29, 1.82) is 0 Å². The molecule has 0 radical (unpaired) electrons. The quantitative estimate of drug-likeness (QED) is 0.796. The van der Waals surface area contributed by atoms with Crippen LogP contribution in [-0.4, -0.2) is 17.2 Å². The SMILES string of the molecule is COc1ccc(C(O)c2cccc3cccnc23)cc1C. The lowest BCUT2D eigenvalue weighted by Crippen LogP contribution is -2.02. The van der Waals surface area contributed by atoms with Gasteiger partial charge in [0.2, 0.25) is 0 Å². The van der Waals surface area contributed by atoms with Crippen LogP contribution in [0, 0.1) is 6.92 Å². The van der Waals surface area contributed by atoms with Crippen molar-refractivity contribution in [3.05, 3.63) is 71.4 Å². The number of para-hydroxylation sites is 1. The molecule has 3 heteroatoms. The highest BCUT2D eigenvalue weighted by Crippen LogP contribution is 2.30. The van der Waals surface area contributed by atoms with Gasteiger partial charge in [0.25, 0.3) is 0 Å². The molecule has 1 heterocycles. The number of nitrogens with zero attached hydrogens (tertiary/aromatic N) is 1. The molecule has 3 aromatic rings. The summed E-state index contributed by atoms with van der Waals surface area (Å²) in [4.78, 5) is 4.40. The number of pyridine rings is 1. The van der Waals surface area contributed by atoms with Crippen molar-refractivity contribution < 1.29 is 9.84 Å². The maximum atomic E-state index is 10.7. The second kappa shape index (κ2) is 5.54. The summed E-state index contributed by atoms with van der Waals surface area (Å²) >= 11 is 0. The standard InChI is InChI=1S/C18H17NO2/c1-12-11-14(8-9-16(12)21-2)18(20)15-7-3-5-13-6-4-10-19-17(13)15/h3-11,18,20H,1-2H3. The maximum Gasteiger partial charge on any atom is 0.121 e. The highest BCUT2D eigenvalue weighted by molar-refractivity contribution is 5.82. The Kier molecular flexibility index (Phi) is 3.59. The van der Waals surface area contributed by atoms with Crippen molar-refractivity contribution in [2.24, 2.45) is 0 Å². The zero-order valence-electron chi connectivity index (χ0n) is 12.1. The van der Waals surface area contributed by atoms with Crippen molar-refractivity contribution in [2.45, 2.75) is 13.0 Å². The molecule has 0 saturated heterocycles. The Bertz CT molecular complexity index is 778. The number of methoxy groups -OCH3 is 1. The molecule has 0 bridgehead atoms. The molecule has 1 unspecified atom stereocenters. The Morgan fingerprint density at radius 3 is 2.67 bits per heavy atom. The van der Waals surface area contributed by atoms with Crippen LogP contribution in [0.1, 0.15) is 22.8 Å². The van der Waals surface area contributed by atoms with E-state index in [4.69, 9.17) is 4.74 Å². The summed E-state index contributed by atoms with van der Waals surface area (Å²) < 4.78 is 5.26. The molecular formula is C18H17NO2. The number of aromatic nitrogens is 1. The number of hydrogen-bond acceptors (Lipinski definition) is 3. The monoisotopic (exact) mass is 279 g/mol. The number of aliphatic hydroxyl groups is 1. The molecule has 0 fully saturated rings. The topological polar surface area (TPSA) is 42.4 Å². The summed E-state index contributed by atoms with van der Waals surface area (Å²) in [5, 5.41) is 11.7. The van der Waals surface area contributed by atoms with Crippen LogP contribution in [-0.2, 0) is 0 Å². The molecule has 0 aliphatic heterocycles. The van der Waals surface area contributed by atoms with E-state index in [0.29, 0.717) is 0 Å². The molecule has 0 aliphatic carbocycles. The summed E-state index contributed by atoms with van der Waals surface area (Å²) in [7, 11) is 1.65. The smallest absolute Gasteiger partial charge is 0.121 e. The van der Waals surface area contributed by atoms with Gasteiger partial charge in [-0.05, 0) is 36.2 Å². The van der Waals surface area contributed by atoms with Gasteiger partial charge in [-0.3, -0.25) is 4.98 Å². The van der Waals surface area contributed by atoms with Crippen molar-refractivity contribution in [1.82, 2.24) is 4.98 Å². The lowest BCUT2D eigenvalue weighted by molar-refractivity contribution is 0.221. The van der Waals surface area contributed by atoms with Gasteiger partial charge >= 0.3 is 0 Å². The van der Waals surface area contributed by atoms with Crippen LogP contribution in [0.3, 0.4) is 0 Å². The number of rotatable bonds is 3. The molecule has 106 valence electrons. The third-order valence-corrected chi connectivity index (χ3v) is 3.69. The van der Waals surface area contributed by atoms with Crippen molar-refractivity contribution in [2.75, 3.05) is 7.11 Å². The third kappa shape index (κ3) is 2.48. The van der Waals surface area contributed by atoms with E-state index in [0.717, 1.165) is 33.3 Å². The Balaban J connectivity index is 2.08. The van der Waals surface area contributed by atoms with Gasteiger partial charge in [-0.25, -0.2) is 0 Å². The Hall–Kier alpha value is -2.39. The van der Waals surface area contributed by atoms with Crippen LogP contribution in [0.5, 0.6) is 5.75 Å². The zero-order chi connectivity index (χ0) is 14.8. The number of aryl methyl sites for hydroxylation is 1. The van der Waals surface area contributed by atoms with Crippen LogP contribution in [0.2, 0.25) is 0 Å². The first kappa shape index (κ1) is 13.6. The molecule has 0 amide bonds. The minimum atomic E-state index is -0.701. The Morgan fingerprint density at radius 1 is 1.10 bits per heavy atom. The normalized spacial score (nSPS) is 12.3. The fraction of sp³-hybridized carbons (Fsp3) is 0.167. The van der Waals surface area contributed by atoms with Crippen molar-refractivity contribution in [3.8, 4) is 5.75 Å². The van der Waals surface area contributed by atoms with Crippen molar-refractivity contribution in [3.63, 3.8) is 0 Å². The maximum absolute atomic E-state index is 10.7. The van der Waals surface area contributed by atoms with E-state index in [-0.39, 0.29) is 0 Å². The third-order valence-electron chi connectivity index (χ3n) is 3.69. The summed E-state index contributed by atoms with van der Waals surface area (Å²) in [5.41, 5.74) is 3.49. The molecule has 3 nitrogen and oxygen atoms in total. The number of ether oxygens (including phenoxy) is 1. The first-order valence-corrected chi connectivity index (χ1v) is 6.87. The van der Waals surface area contributed by atoms with E-state index in [1.54, 1.807) is 13.3 Å². The summed E-state index contributed by atoms with van der Waals surface area (Å²) in [6.45, 7) is 1.97. The van der Waals surface area contributed by atoms with E-state index in [2.05, 4.69) is 4.98 Å². The van der Waals surface area contributed by atoms with Gasteiger partial charge in [0.1, 0.15) is 11.9 Å². The van der Waals surface area contributed by atoms with E-state index >= 15 is 0 Å². The van der Waals surface area contributed by atoms with Gasteiger partial charge < -0.3 is 9.84 Å².